The van der Waals surface area contributed by atoms with Crippen LogP contribution in [-0.4, -0.2) is 24.0 Å². The summed E-state index contributed by atoms with van der Waals surface area (Å²) < 4.78 is 10.8. The Morgan fingerprint density at radius 3 is 3.06 bits per heavy atom. The lowest BCUT2D eigenvalue weighted by atomic mass is 10.1. The molecule has 0 saturated carbocycles. The molecule has 0 spiro atoms. The number of anilines is 1. The average molecular weight is 245 g/mol. The van der Waals surface area contributed by atoms with Crippen LogP contribution in [0.5, 0.6) is 5.75 Å². The lowest BCUT2D eigenvalue weighted by Crippen LogP contribution is -2.20. The Kier molecular flexibility index (Phi) is 2.40. The Morgan fingerprint density at radius 1 is 1.44 bits per heavy atom. The second-order valence-electron chi connectivity index (χ2n) is 3.88. The molecule has 1 aromatic heterocycles. The van der Waals surface area contributed by atoms with Crippen molar-refractivity contribution in [2.75, 3.05) is 18.5 Å². The standard InChI is InChI=1S/C12H11N3O3/c13-11(16)7-5-8(12-15-2-4-18-12)10-9(6-7)14-1-3-17-10/h2,4-6,14H,1,3H2,(H2,13,16). The lowest BCUT2D eigenvalue weighted by molar-refractivity contribution is 0.100. The molecule has 0 bridgehead atoms. The molecule has 18 heavy (non-hydrogen) atoms. The van der Waals surface area contributed by atoms with Crippen LogP contribution in [0, 0.1) is 0 Å². The number of carbonyl (C=O) groups is 1. The van der Waals surface area contributed by atoms with Crippen molar-refractivity contribution in [1.29, 1.82) is 0 Å². The van der Waals surface area contributed by atoms with Gasteiger partial charge in [-0.2, -0.15) is 0 Å². The molecule has 1 aliphatic rings. The fraction of sp³-hybridized carbons (Fsp3) is 0.167. The maximum Gasteiger partial charge on any atom is 0.248 e. The van der Waals surface area contributed by atoms with Crippen LogP contribution in [0.25, 0.3) is 11.5 Å². The van der Waals surface area contributed by atoms with Gasteiger partial charge in [0.05, 0.1) is 17.4 Å². The Morgan fingerprint density at radius 2 is 2.33 bits per heavy atom. The van der Waals surface area contributed by atoms with E-state index in [2.05, 4.69) is 10.3 Å². The minimum Gasteiger partial charge on any atom is -0.489 e. The summed E-state index contributed by atoms with van der Waals surface area (Å²) in [6.45, 7) is 1.23. The van der Waals surface area contributed by atoms with Gasteiger partial charge in [0.2, 0.25) is 11.8 Å². The van der Waals surface area contributed by atoms with E-state index in [1.54, 1.807) is 12.1 Å². The number of primary amides is 1. The van der Waals surface area contributed by atoms with Gasteiger partial charge in [0.1, 0.15) is 12.9 Å². The number of amides is 1. The third-order valence-electron chi connectivity index (χ3n) is 2.70. The number of benzene rings is 1. The average Bonchev–Trinajstić information content (AvgIpc) is 2.91. The van der Waals surface area contributed by atoms with Crippen LogP contribution in [0.3, 0.4) is 0 Å². The highest BCUT2D eigenvalue weighted by atomic mass is 16.5. The predicted octanol–water partition coefficient (Wildman–Crippen LogP) is 1.24. The maximum absolute atomic E-state index is 11.3. The van der Waals surface area contributed by atoms with Crippen molar-refractivity contribution in [3.05, 3.63) is 30.2 Å². The van der Waals surface area contributed by atoms with Crippen molar-refractivity contribution in [2.45, 2.75) is 0 Å². The quantitative estimate of drug-likeness (QED) is 0.830. The molecule has 2 heterocycles. The molecule has 3 rings (SSSR count). The minimum atomic E-state index is -0.502. The van der Waals surface area contributed by atoms with Crippen LogP contribution >= 0.6 is 0 Å². The van der Waals surface area contributed by atoms with Crippen molar-refractivity contribution in [3.63, 3.8) is 0 Å². The Balaban J connectivity index is 2.21. The van der Waals surface area contributed by atoms with Gasteiger partial charge in [-0.05, 0) is 12.1 Å². The fourth-order valence-electron chi connectivity index (χ4n) is 1.91. The molecule has 6 heteroatoms. The second kappa shape index (κ2) is 4.06. The molecule has 0 aliphatic carbocycles. The first-order chi connectivity index (χ1) is 8.75. The van der Waals surface area contributed by atoms with Gasteiger partial charge < -0.3 is 20.2 Å². The summed E-state index contributed by atoms with van der Waals surface area (Å²) in [7, 11) is 0. The number of nitrogens with one attached hydrogen (secondary N) is 1. The van der Waals surface area contributed by atoms with E-state index in [1.807, 2.05) is 0 Å². The van der Waals surface area contributed by atoms with Crippen molar-refractivity contribution >= 4 is 11.6 Å². The predicted molar refractivity (Wildman–Crippen MR) is 64.4 cm³/mol. The molecule has 2 aromatic rings. The summed E-state index contributed by atoms with van der Waals surface area (Å²) in [5, 5.41) is 3.16. The molecule has 6 nitrogen and oxygen atoms in total. The maximum atomic E-state index is 11.3. The van der Waals surface area contributed by atoms with Gasteiger partial charge in [0.25, 0.3) is 0 Å². The van der Waals surface area contributed by atoms with Crippen LogP contribution < -0.4 is 15.8 Å². The topological polar surface area (TPSA) is 90.4 Å². The molecule has 0 unspecified atom stereocenters. The Labute approximate surface area is 103 Å². The molecule has 0 fully saturated rings. The molecule has 3 N–H and O–H groups in total. The van der Waals surface area contributed by atoms with E-state index in [0.717, 1.165) is 5.69 Å². The van der Waals surface area contributed by atoms with E-state index in [9.17, 15) is 4.79 Å². The molecular formula is C12H11N3O3. The fourth-order valence-corrected chi connectivity index (χ4v) is 1.91. The van der Waals surface area contributed by atoms with Gasteiger partial charge in [-0.15, -0.1) is 0 Å². The molecule has 92 valence electrons. The molecule has 0 radical (unpaired) electrons. The van der Waals surface area contributed by atoms with E-state index in [0.29, 0.717) is 35.9 Å². The summed E-state index contributed by atoms with van der Waals surface area (Å²) in [4.78, 5) is 15.4. The van der Waals surface area contributed by atoms with Crippen LogP contribution in [0.1, 0.15) is 10.4 Å². The summed E-state index contributed by atoms with van der Waals surface area (Å²) in [6.07, 6.45) is 3.00. The third-order valence-corrected chi connectivity index (χ3v) is 2.70. The number of hydrogen-bond acceptors (Lipinski definition) is 5. The first kappa shape index (κ1) is 10.6. The van der Waals surface area contributed by atoms with Crippen molar-refractivity contribution in [1.82, 2.24) is 4.98 Å². The molecule has 1 aromatic carbocycles. The number of oxazole rings is 1. The summed E-state index contributed by atoms with van der Waals surface area (Å²) in [6, 6.07) is 3.29. The van der Waals surface area contributed by atoms with Gasteiger partial charge in [-0.1, -0.05) is 0 Å². The highest BCUT2D eigenvalue weighted by Gasteiger charge is 2.20. The van der Waals surface area contributed by atoms with Crippen molar-refractivity contribution in [2.24, 2.45) is 5.73 Å². The van der Waals surface area contributed by atoms with Crippen LogP contribution in [0.15, 0.2) is 29.0 Å². The smallest absolute Gasteiger partial charge is 0.248 e. The first-order valence-corrected chi connectivity index (χ1v) is 5.50. The van der Waals surface area contributed by atoms with Crippen LogP contribution in [0.4, 0.5) is 5.69 Å². The monoisotopic (exact) mass is 245 g/mol. The van der Waals surface area contributed by atoms with Gasteiger partial charge in [-0.3, -0.25) is 4.79 Å². The van der Waals surface area contributed by atoms with Crippen LogP contribution in [0.2, 0.25) is 0 Å². The van der Waals surface area contributed by atoms with Crippen molar-refractivity contribution < 1.29 is 13.9 Å². The molecule has 0 atom stereocenters. The number of nitrogens with two attached hydrogens (primary N) is 1. The number of fused-ring (bicyclic) bond motifs is 1. The molecular weight excluding hydrogens is 234 g/mol. The summed E-state index contributed by atoms with van der Waals surface area (Å²) >= 11 is 0. The Hall–Kier alpha value is -2.50. The largest absolute Gasteiger partial charge is 0.489 e. The molecule has 1 aliphatic heterocycles. The number of ether oxygens (including phenoxy) is 1. The summed E-state index contributed by atoms with van der Waals surface area (Å²) in [5.74, 6) is 0.532. The first-order valence-electron chi connectivity index (χ1n) is 5.50. The zero-order chi connectivity index (χ0) is 12.5. The zero-order valence-electron chi connectivity index (χ0n) is 9.47. The number of nitrogens with zero attached hydrogens (tertiary/aromatic N) is 1. The number of hydrogen-bond donors (Lipinski definition) is 2. The SMILES string of the molecule is NC(=O)c1cc2c(c(-c3ncco3)c1)OCCN2. The number of aromatic nitrogens is 1. The van der Waals surface area contributed by atoms with Crippen molar-refractivity contribution in [3.8, 4) is 17.2 Å². The Bertz CT molecular complexity index is 593. The van der Waals surface area contributed by atoms with Crippen LogP contribution in [-0.2, 0) is 0 Å². The number of rotatable bonds is 2. The third kappa shape index (κ3) is 1.67. The zero-order valence-corrected chi connectivity index (χ0v) is 9.47. The van der Waals surface area contributed by atoms with Gasteiger partial charge in [-0.25, -0.2) is 4.98 Å². The van der Waals surface area contributed by atoms with E-state index < -0.39 is 5.91 Å². The van der Waals surface area contributed by atoms with Gasteiger partial charge >= 0.3 is 0 Å². The molecule has 0 saturated heterocycles. The number of carbonyl (C=O) groups excluding carboxylic acids is 1. The molecule has 1 amide bonds. The highest BCUT2D eigenvalue weighted by Crippen LogP contribution is 2.38. The van der Waals surface area contributed by atoms with E-state index in [4.69, 9.17) is 14.9 Å². The van der Waals surface area contributed by atoms with E-state index >= 15 is 0 Å². The summed E-state index contributed by atoms with van der Waals surface area (Å²) in [5.41, 5.74) is 7.05. The van der Waals surface area contributed by atoms with E-state index in [1.165, 1.54) is 12.5 Å². The highest BCUT2D eigenvalue weighted by molar-refractivity contribution is 5.96. The second-order valence-corrected chi connectivity index (χ2v) is 3.88. The minimum absolute atomic E-state index is 0.389. The van der Waals surface area contributed by atoms with E-state index in [-0.39, 0.29) is 0 Å². The van der Waals surface area contributed by atoms with Gasteiger partial charge in [0.15, 0.2) is 5.75 Å². The van der Waals surface area contributed by atoms with Gasteiger partial charge in [0, 0.05) is 12.1 Å². The normalized spacial score (nSPS) is 13.3. The lowest BCUT2D eigenvalue weighted by Gasteiger charge is -2.21.